The van der Waals surface area contributed by atoms with Crippen LogP contribution in [0.15, 0.2) is 101 Å². The number of carbonyl (C=O) groups is 1. The molecule has 0 aromatic heterocycles. The van der Waals surface area contributed by atoms with E-state index in [-0.39, 0.29) is 27.0 Å². The summed E-state index contributed by atoms with van der Waals surface area (Å²) in [4.78, 5) is 16.3. The van der Waals surface area contributed by atoms with Crippen molar-refractivity contribution < 1.29 is 19.4 Å². The molecule has 45 heavy (non-hydrogen) atoms. The van der Waals surface area contributed by atoms with Crippen LogP contribution in [0.4, 0.5) is 0 Å². The van der Waals surface area contributed by atoms with E-state index in [4.69, 9.17) is 9.47 Å². The van der Waals surface area contributed by atoms with E-state index in [0.717, 1.165) is 36.6 Å². The minimum atomic E-state index is -0.941. The summed E-state index contributed by atoms with van der Waals surface area (Å²) in [5.74, 6) is 1.31. The number of rotatable bonds is 15. The SMILES string of the molecule is CC(C)[C@@H]1CC[C@@H](C)C[C@H]1O[C@H]1CC([Se]c2ccccc2)([C@@H](O)CCCCC(Sc2ccccc2)Sc2ccccc2)C(=O)O1. The monoisotopic (exact) mass is 712 g/mol. The number of cyclic esters (lactones) is 1. The van der Waals surface area contributed by atoms with E-state index in [2.05, 4.69) is 93.6 Å². The molecule has 1 N–H and O–H groups in total. The van der Waals surface area contributed by atoms with E-state index in [1.54, 1.807) is 0 Å². The standard InChI is InChI=1S/C38H48O4S2Se/c1-27(2)32-24-23-28(3)25-33(32)41-35-26-38(37(40)42-35,45-31-19-11-6-12-20-31)34(39)21-13-14-22-36(43-29-15-7-4-8-16-29)44-30-17-9-5-10-18-30/h4-12,15-20,27-28,32-36,39H,13-14,21-26H2,1-3H3/t28-,32+,33-,34+,35-,38?/m1/s1. The molecule has 7 heteroatoms. The first-order valence-electron chi connectivity index (χ1n) is 16.5. The van der Waals surface area contributed by atoms with Gasteiger partial charge in [0.2, 0.25) is 0 Å². The Balaban J connectivity index is 1.24. The normalized spacial score (nSPS) is 25.9. The van der Waals surface area contributed by atoms with Gasteiger partial charge in [0, 0.05) is 0 Å². The number of aliphatic hydroxyl groups excluding tert-OH is 1. The molecule has 0 spiro atoms. The second-order valence-corrected chi connectivity index (χ2v) is 18.7. The molecule has 4 nitrogen and oxygen atoms in total. The maximum atomic E-state index is 13.8. The van der Waals surface area contributed by atoms with Crippen LogP contribution in [0, 0.1) is 17.8 Å². The maximum absolute atomic E-state index is 13.8. The van der Waals surface area contributed by atoms with Gasteiger partial charge in [-0.2, -0.15) is 0 Å². The summed E-state index contributed by atoms with van der Waals surface area (Å²) in [6, 6.07) is 31.3. The average Bonchev–Trinajstić information content (AvgIpc) is 3.35. The molecular weight excluding hydrogens is 664 g/mol. The van der Waals surface area contributed by atoms with Crippen molar-refractivity contribution in [2.24, 2.45) is 17.8 Å². The van der Waals surface area contributed by atoms with Crippen LogP contribution in [-0.2, 0) is 14.3 Å². The molecule has 0 radical (unpaired) electrons. The molecule has 3 aromatic carbocycles. The summed E-state index contributed by atoms with van der Waals surface area (Å²) in [6.07, 6.45) is 5.93. The Morgan fingerprint density at radius 2 is 1.47 bits per heavy atom. The number of hydrogen-bond acceptors (Lipinski definition) is 6. The zero-order valence-corrected chi connectivity index (χ0v) is 30.1. The third kappa shape index (κ3) is 9.65. The number of benzene rings is 3. The predicted octanol–water partition coefficient (Wildman–Crippen LogP) is 8.76. The van der Waals surface area contributed by atoms with Gasteiger partial charge < -0.3 is 0 Å². The molecule has 6 atom stereocenters. The number of hydrogen-bond donors (Lipinski definition) is 1. The van der Waals surface area contributed by atoms with Crippen LogP contribution in [0.5, 0.6) is 0 Å². The van der Waals surface area contributed by atoms with Crippen LogP contribution in [0.1, 0.15) is 72.1 Å². The molecule has 1 unspecified atom stereocenters. The molecule has 0 amide bonds. The number of thioether (sulfide) groups is 2. The Morgan fingerprint density at radius 1 is 0.889 bits per heavy atom. The molecule has 1 saturated heterocycles. The van der Waals surface area contributed by atoms with Gasteiger partial charge >= 0.3 is 286 Å². The number of ether oxygens (including phenoxy) is 2. The van der Waals surface area contributed by atoms with E-state index >= 15 is 0 Å². The Morgan fingerprint density at radius 3 is 2.07 bits per heavy atom. The van der Waals surface area contributed by atoms with Gasteiger partial charge in [-0.3, -0.25) is 0 Å². The summed E-state index contributed by atoms with van der Waals surface area (Å²) in [7, 11) is 0. The van der Waals surface area contributed by atoms with E-state index in [1.807, 2.05) is 41.7 Å². The van der Waals surface area contributed by atoms with Gasteiger partial charge in [-0.15, -0.1) is 0 Å². The molecule has 0 bridgehead atoms. The Bertz CT molecular complexity index is 1270. The Hall–Kier alpha value is -1.73. The van der Waals surface area contributed by atoms with Gasteiger partial charge in [-0.25, -0.2) is 0 Å². The summed E-state index contributed by atoms with van der Waals surface area (Å²) in [5, 5.41) is 11.8. The van der Waals surface area contributed by atoms with Crippen molar-refractivity contribution in [3.8, 4) is 0 Å². The number of aliphatic hydroxyl groups is 1. The van der Waals surface area contributed by atoms with Gasteiger partial charge in [0.25, 0.3) is 0 Å². The molecule has 3 aromatic rings. The molecule has 1 aliphatic heterocycles. The fourth-order valence-electron chi connectivity index (χ4n) is 6.58. The zero-order valence-electron chi connectivity index (χ0n) is 26.8. The average molecular weight is 712 g/mol. The third-order valence-corrected chi connectivity index (χ3v) is 14.9. The van der Waals surface area contributed by atoms with E-state index < -0.39 is 16.7 Å². The van der Waals surface area contributed by atoms with Crippen LogP contribution < -0.4 is 4.46 Å². The first kappa shape index (κ1) is 34.6. The Labute approximate surface area is 285 Å². The molecule has 2 aliphatic rings. The molecule has 2 fully saturated rings. The van der Waals surface area contributed by atoms with E-state index in [0.29, 0.717) is 35.2 Å². The topological polar surface area (TPSA) is 55.8 Å². The van der Waals surface area contributed by atoms with Crippen molar-refractivity contribution in [3.05, 3.63) is 91.0 Å². The van der Waals surface area contributed by atoms with Crippen LogP contribution in [0.25, 0.3) is 0 Å². The van der Waals surface area contributed by atoms with Crippen LogP contribution in [-0.4, -0.2) is 49.1 Å². The summed E-state index contributed by atoms with van der Waals surface area (Å²) in [6.45, 7) is 6.83. The number of carbonyl (C=O) groups excluding carboxylic acids is 1. The molecule has 1 aliphatic carbocycles. The van der Waals surface area contributed by atoms with E-state index in [1.165, 1.54) is 16.2 Å². The molecule has 5 rings (SSSR count). The van der Waals surface area contributed by atoms with Gasteiger partial charge in [0.1, 0.15) is 0 Å². The number of esters is 1. The predicted molar refractivity (Wildman–Crippen MR) is 188 cm³/mol. The van der Waals surface area contributed by atoms with Crippen molar-refractivity contribution in [2.45, 2.75) is 109 Å². The summed E-state index contributed by atoms with van der Waals surface area (Å²) < 4.78 is 13.2. The van der Waals surface area contributed by atoms with Crippen LogP contribution in [0.2, 0.25) is 4.31 Å². The first-order chi connectivity index (χ1) is 21.8. The van der Waals surface area contributed by atoms with Crippen LogP contribution in [0.3, 0.4) is 0 Å². The van der Waals surface area contributed by atoms with E-state index in [9.17, 15) is 9.90 Å². The Kier molecular flexibility index (Phi) is 13.0. The fourth-order valence-corrected chi connectivity index (χ4v) is 12.0. The summed E-state index contributed by atoms with van der Waals surface area (Å²) >= 11 is 3.52. The number of unbranched alkanes of at least 4 members (excludes halogenated alkanes) is 1. The van der Waals surface area contributed by atoms with Crippen molar-refractivity contribution in [2.75, 3.05) is 0 Å². The van der Waals surface area contributed by atoms with Crippen molar-refractivity contribution in [3.63, 3.8) is 0 Å². The third-order valence-electron chi connectivity index (χ3n) is 9.11. The van der Waals surface area contributed by atoms with Crippen molar-refractivity contribution in [1.82, 2.24) is 0 Å². The van der Waals surface area contributed by atoms with Crippen LogP contribution >= 0.6 is 23.5 Å². The second kappa shape index (κ2) is 16.9. The molecule has 1 saturated carbocycles. The van der Waals surface area contributed by atoms with Gasteiger partial charge in [0.05, 0.1) is 0 Å². The minimum absolute atomic E-state index is 0.0879. The fraction of sp³-hybridized carbons (Fsp3) is 0.500. The van der Waals surface area contributed by atoms with Gasteiger partial charge in [-0.05, 0) is 0 Å². The van der Waals surface area contributed by atoms with Gasteiger partial charge in [-0.1, -0.05) is 0 Å². The second-order valence-electron chi connectivity index (χ2n) is 12.9. The first-order valence-corrected chi connectivity index (χ1v) is 20.0. The molecule has 1 heterocycles. The zero-order chi connectivity index (χ0) is 31.6. The molecular formula is C38H48O4S2Se. The molecule has 242 valence electrons. The summed E-state index contributed by atoms with van der Waals surface area (Å²) in [5.41, 5.74) is 0. The van der Waals surface area contributed by atoms with Crippen molar-refractivity contribution >= 4 is 48.9 Å². The quantitative estimate of drug-likeness (QED) is 0.0560. The van der Waals surface area contributed by atoms with Gasteiger partial charge in [0.15, 0.2) is 0 Å². The van der Waals surface area contributed by atoms with Crippen molar-refractivity contribution in [1.29, 1.82) is 0 Å².